The summed E-state index contributed by atoms with van der Waals surface area (Å²) in [6.45, 7) is 7.58. The van der Waals surface area contributed by atoms with Gasteiger partial charge in [-0.3, -0.25) is 9.48 Å². The van der Waals surface area contributed by atoms with Crippen molar-refractivity contribution in [3.63, 3.8) is 0 Å². The van der Waals surface area contributed by atoms with E-state index in [1.54, 1.807) is 6.20 Å². The second-order valence-corrected chi connectivity index (χ2v) is 8.43. The number of likely N-dealkylation sites (tertiary alicyclic amines) is 1. The molecule has 3 aromatic rings. The number of amides is 1. The van der Waals surface area contributed by atoms with Crippen LogP contribution in [-0.2, 0) is 11.8 Å². The zero-order chi connectivity index (χ0) is 20.4. The number of nitrogens with zero attached hydrogens (tertiary/aromatic N) is 4. The second-order valence-electron chi connectivity index (χ2n) is 8.43. The van der Waals surface area contributed by atoms with Gasteiger partial charge in [0.1, 0.15) is 5.82 Å². The molecule has 2 aromatic heterocycles. The summed E-state index contributed by atoms with van der Waals surface area (Å²) in [4.78, 5) is 19.6. The van der Waals surface area contributed by atoms with Gasteiger partial charge in [-0.2, -0.15) is 5.10 Å². The Hall–Kier alpha value is -2.73. The first kappa shape index (κ1) is 19.6. The zero-order valence-corrected chi connectivity index (χ0v) is 17.4. The molecule has 1 aromatic carbocycles. The van der Waals surface area contributed by atoms with E-state index in [4.69, 9.17) is 0 Å². The molecular formula is C23H29N5O. The lowest BCUT2D eigenvalue weighted by atomic mass is 9.95. The maximum Gasteiger partial charge on any atom is 0.228 e. The highest BCUT2D eigenvalue weighted by Crippen LogP contribution is 2.26. The van der Waals surface area contributed by atoms with Crippen LogP contribution in [0.1, 0.15) is 26.7 Å². The fourth-order valence-electron chi connectivity index (χ4n) is 4.14. The van der Waals surface area contributed by atoms with Crippen molar-refractivity contribution in [1.29, 1.82) is 0 Å². The highest BCUT2D eigenvalue weighted by atomic mass is 16.1. The Morgan fingerprint density at radius 1 is 1.17 bits per heavy atom. The van der Waals surface area contributed by atoms with Crippen molar-refractivity contribution in [1.82, 2.24) is 19.7 Å². The average molecular weight is 392 g/mol. The Labute approximate surface area is 171 Å². The highest BCUT2D eigenvalue weighted by Gasteiger charge is 2.25. The van der Waals surface area contributed by atoms with Gasteiger partial charge in [0.25, 0.3) is 0 Å². The van der Waals surface area contributed by atoms with Crippen LogP contribution in [0.2, 0.25) is 0 Å². The van der Waals surface area contributed by atoms with Gasteiger partial charge in [-0.05, 0) is 67.2 Å². The average Bonchev–Trinajstić information content (AvgIpc) is 3.08. The molecule has 0 aliphatic carbocycles. The van der Waals surface area contributed by atoms with Crippen molar-refractivity contribution in [2.45, 2.75) is 26.7 Å². The molecule has 0 saturated carbocycles. The van der Waals surface area contributed by atoms with Crippen LogP contribution in [0.25, 0.3) is 22.0 Å². The van der Waals surface area contributed by atoms with Crippen LogP contribution >= 0.6 is 0 Å². The van der Waals surface area contributed by atoms with Gasteiger partial charge in [0.2, 0.25) is 5.91 Å². The fraction of sp³-hybridized carbons (Fsp3) is 0.435. The predicted molar refractivity (Wildman–Crippen MR) is 117 cm³/mol. The van der Waals surface area contributed by atoms with Crippen LogP contribution < -0.4 is 5.32 Å². The normalized spacial score (nSPS) is 15.9. The maximum atomic E-state index is 12.7. The molecule has 1 saturated heterocycles. The number of aromatic nitrogens is 3. The van der Waals surface area contributed by atoms with Gasteiger partial charge >= 0.3 is 0 Å². The van der Waals surface area contributed by atoms with Gasteiger partial charge in [-0.15, -0.1) is 0 Å². The number of nitrogens with one attached hydrogen (secondary N) is 1. The smallest absolute Gasteiger partial charge is 0.228 e. The monoisotopic (exact) mass is 391 g/mol. The van der Waals surface area contributed by atoms with E-state index < -0.39 is 0 Å². The Morgan fingerprint density at radius 2 is 1.93 bits per heavy atom. The number of hydrogen-bond donors (Lipinski definition) is 1. The zero-order valence-electron chi connectivity index (χ0n) is 17.4. The summed E-state index contributed by atoms with van der Waals surface area (Å²) in [6, 6.07) is 10.2. The molecule has 0 radical (unpaired) electrons. The molecule has 1 amide bonds. The summed E-state index contributed by atoms with van der Waals surface area (Å²) < 4.78 is 1.86. The highest BCUT2D eigenvalue weighted by molar-refractivity contribution is 5.92. The van der Waals surface area contributed by atoms with E-state index in [9.17, 15) is 4.79 Å². The number of carbonyl (C=O) groups excluding carboxylic acids is 1. The molecule has 152 valence electrons. The Kier molecular flexibility index (Phi) is 5.62. The number of fused-ring (bicyclic) bond motifs is 1. The number of aryl methyl sites for hydroxylation is 1. The summed E-state index contributed by atoms with van der Waals surface area (Å²) >= 11 is 0. The molecule has 1 N–H and O–H groups in total. The number of rotatable bonds is 5. The van der Waals surface area contributed by atoms with E-state index in [1.807, 2.05) is 30.1 Å². The topological polar surface area (TPSA) is 63.1 Å². The quantitative estimate of drug-likeness (QED) is 0.715. The van der Waals surface area contributed by atoms with E-state index in [2.05, 4.69) is 52.3 Å². The van der Waals surface area contributed by atoms with Crippen LogP contribution in [0, 0.1) is 11.8 Å². The summed E-state index contributed by atoms with van der Waals surface area (Å²) in [5.74, 6) is 1.43. The van der Waals surface area contributed by atoms with Crippen molar-refractivity contribution >= 4 is 22.6 Å². The third-order valence-corrected chi connectivity index (χ3v) is 5.67. The number of pyridine rings is 1. The minimum Gasteiger partial charge on any atom is -0.310 e. The number of anilines is 1. The number of piperidine rings is 1. The van der Waals surface area contributed by atoms with E-state index in [0.29, 0.717) is 11.7 Å². The van der Waals surface area contributed by atoms with Crippen LogP contribution in [0.15, 0.2) is 42.7 Å². The van der Waals surface area contributed by atoms with Gasteiger partial charge in [0.05, 0.1) is 11.7 Å². The molecule has 0 spiro atoms. The molecule has 29 heavy (non-hydrogen) atoms. The van der Waals surface area contributed by atoms with Crippen LogP contribution in [0.3, 0.4) is 0 Å². The minimum atomic E-state index is 0.0654. The van der Waals surface area contributed by atoms with Gasteiger partial charge in [0, 0.05) is 31.1 Å². The fourth-order valence-corrected chi connectivity index (χ4v) is 4.14. The van der Waals surface area contributed by atoms with Gasteiger partial charge in [-0.1, -0.05) is 19.9 Å². The predicted octanol–water partition coefficient (Wildman–Crippen LogP) is 3.94. The van der Waals surface area contributed by atoms with E-state index in [0.717, 1.165) is 54.5 Å². The molecular weight excluding hydrogens is 362 g/mol. The number of benzene rings is 1. The summed E-state index contributed by atoms with van der Waals surface area (Å²) in [5, 5.41) is 8.44. The van der Waals surface area contributed by atoms with Crippen LogP contribution in [0.4, 0.5) is 5.82 Å². The Balaban J connectivity index is 1.43. The third-order valence-electron chi connectivity index (χ3n) is 5.67. The van der Waals surface area contributed by atoms with Crippen molar-refractivity contribution in [2.24, 2.45) is 18.9 Å². The molecule has 1 aliphatic rings. The molecule has 0 atom stereocenters. The largest absolute Gasteiger partial charge is 0.310 e. The number of hydrogen-bond acceptors (Lipinski definition) is 4. The number of carbonyl (C=O) groups is 1. The van der Waals surface area contributed by atoms with Gasteiger partial charge in [-0.25, -0.2) is 4.98 Å². The van der Waals surface area contributed by atoms with E-state index in [-0.39, 0.29) is 11.8 Å². The van der Waals surface area contributed by atoms with Gasteiger partial charge in [0.15, 0.2) is 0 Å². The third kappa shape index (κ3) is 4.48. The minimum absolute atomic E-state index is 0.0654. The molecule has 6 nitrogen and oxygen atoms in total. The Morgan fingerprint density at radius 3 is 2.69 bits per heavy atom. The van der Waals surface area contributed by atoms with Crippen molar-refractivity contribution in [3.05, 3.63) is 42.7 Å². The molecule has 1 aliphatic heterocycles. The summed E-state index contributed by atoms with van der Waals surface area (Å²) in [6.07, 6.45) is 5.45. The molecule has 1 fully saturated rings. The first-order chi connectivity index (χ1) is 14.0. The lowest BCUT2D eigenvalue weighted by molar-refractivity contribution is -0.121. The van der Waals surface area contributed by atoms with E-state index in [1.165, 1.54) is 0 Å². The summed E-state index contributed by atoms with van der Waals surface area (Å²) in [7, 11) is 1.94. The molecule has 4 rings (SSSR count). The second kappa shape index (κ2) is 8.33. The molecule has 3 heterocycles. The van der Waals surface area contributed by atoms with Crippen molar-refractivity contribution < 1.29 is 4.79 Å². The lowest BCUT2D eigenvalue weighted by Gasteiger charge is -2.32. The van der Waals surface area contributed by atoms with Crippen molar-refractivity contribution in [2.75, 3.05) is 25.0 Å². The first-order valence-corrected chi connectivity index (χ1v) is 10.4. The van der Waals surface area contributed by atoms with Gasteiger partial charge < -0.3 is 10.2 Å². The molecule has 0 bridgehead atoms. The van der Waals surface area contributed by atoms with E-state index >= 15 is 0 Å². The maximum absolute atomic E-state index is 12.7. The standard InChI is InChI=1S/C23H29N5O/c1-16(2)15-28-10-7-17(8-11-28)23(29)26-22-13-19(6-9-24-22)18-4-5-21-20(12-18)14-25-27(21)3/h4-6,9,12-14,16-17H,7-8,10-11,15H2,1-3H3,(H,24,26,29). The summed E-state index contributed by atoms with van der Waals surface area (Å²) in [5.41, 5.74) is 3.22. The molecule has 0 unspecified atom stereocenters. The van der Waals surface area contributed by atoms with Crippen LogP contribution in [0.5, 0.6) is 0 Å². The van der Waals surface area contributed by atoms with Crippen LogP contribution in [-0.4, -0.2) is 45.2 Å². The molecule has 6 heteroatoms. The lowest BCUT2D eigenvalue weighted by Crippen LogP contribution is -2.39. The Bertz CT molecular complexity index is 1000. The first-order valence-electron chi connectivity index (χ1n) is 10.4. The SMILES string of the molecule is CC(C)CN1CCC(C(=O)Nc2cc(-c3ccc4c(cnn4C)c3)ccn2)CC1. The van der Waals surface area contributed by atoms with Crippen molar-refractivity contribution in [3.8, 4) is 11.1 Å².